The van der Waals surface area contributed by atoms with Gasteiger partial charge in [-0.25, -0.2) is 0 Å². The van der Waals surface area contributed by atoms with Gasteiger partial charge in [0.05, 0.1) is 22.2 Å². The first-order valence-electron chi connectivity index (χ1n) is 4.72. The van der Waals surface area contributed by atoms with Gasteiger partial charge in [-0.3, -0.25) is 15.1 Å². The fourth-order valence-electron chi connectivity index (χ4n) is 1.37. The van der Waals surface area contributed by atoms with Crippen molar-refractivity contribution in [3.8, 4) is 0 Å². The highest BCUT2D eigenvalue weighted by Crippen LogP contribution is 2.23. The lowest BCUT2D eigenvalue weighted by Gasteiger charge is -2.08. The molecule has 1 aliphatic heterocycles. The van der Waals surface area contributed by atoms with Crippen LogP contribution in [0.5, 0.6) is 0 Å². The number of nitrogens with one attached hydrogen (secondary N) is 2. The van der Waals surface area contributed by atoms with E-state index in [1.54, 1.807) is 18.2 Å². The van der Waals surface area contributed by atoms with Crippen LogP contribution in [0.4, 0.5) is 0 Å². The Morgan fingerprint density at radius 3 is 2.62 bits per heavy atom. The smallest absolute Gasteiger partial charge is 0.260 e. The monoisotopic (exact) mass is 257 g/mol. The van der Waals surface area contributed by atoms with E-state index in [0.717, 1.165) is 6.54 Å². The second kappa shape index (κ2) is 4.72. The summed E-state index contributed by atoms with van der Waals surface area (Å²) in [6.45, 7) is 1.39. The van der Waals surface area contributed by atoms with Crippen LogP contribution >= 0.6 is 23.2 Å². The fraction of sp³-hybridized carbons (Fsp3) is 0.200. The van der Waals surface area contributed by atoms with E-state index in [1.807, 2.05) is 0 Å². The van der Waals surface area contributed by atoms with Crippen molar-refractivity contribution in [3.63, 3.8) is 0 Å². The zero-order valence-corrected chi connectivity index (χ0v) is 9.77. The van der Waals surface area contributed by atoms with Gasteiger partial charge in [0.15, 0.2) is 5.96 Å². The van der Waals surface area contributed by atoms with Crippen LogP contribution in [0.15, 0.2) is 23.2 Å². The Morgan fingerprint density at radius 2 is 2.06 bits per heavy atom. The Bertz CT molecular complexity index is 439. The maximum atomic E-state index is 11.8. The van der Waals surface area contributed by atoms with Gasteiger partial charge in [0.25, 0.3) is 5.91 Å². The standard InChI is InChI=1S/C10H9Cl2N3O/c11-6-2-1-3-7(12)8(6)9(16)15-10-13-4-5-14-10/h1-3H,4-5H2,(H2,13,14,15,16). The summed E-state index contributed by atoms with van der Waals surface area (Å²) in [6.07, 6.45) is 0. The van der Waals surface area contributed by atoms with Gasteiger partial charge in [-0.1, -0.05) is 29.3 Å². The third kappa shape index (κ3) is 2.28. The van der Waals surface area contributed by atoms with Gasteiger partial charge in [0.1, 0.15) is 0 Å². The molecule has 0 bridgehead atoms. The van der Waals surface area contributed by atoms with E-state index >= 15 is 0 Å². The van der Waals surface area contributed by atoms with Crippen LogP contribution in [0.1, 0.15) is 10.4 Å². The summed E-state index contributed by atoms with van der Waals surface area (Å²) in [4.78, 5) is 15.9. The van der Waals surface area contributed by atoms with Crippen molar-refractivity contribution in [2.45, 2.75) is 0 Å². The fourth-order valence-corrected chi connectivity index (χ4v) is 1.94. The normalized spacial score (nSPS) is 14.2. The molecular weight excluding hydrogens is 249 g/mol. The topological polar surface area (TPSA) is 53.5 Å². The number of aliphatic imine (C=N–C) groups is 1. The van der Waals surface area contributed by atoms with Crippen molar-refractivity contribution >= 4 is 35.1 Å². The van der Waals surface area contributed by atoms with E-state index in [9.17, 15) is 4.79 Å². The first kappa shape index (κ1) is 11.2. The van der Waals surface area contributed by atoms with E-state index in [2.05, 4.69) is 15.6 Å². The lowest BCUT2D eigenvalue weighted by atomic mass is 10.2. The van der Waals surface area contributed by atoms with Crippen LogP contribution in [0.25, 0.3) is 0 Å². The Hall–Kier alpha value is -1.26. The second-order valence-corrected chi connectivity index (χ2v) is 4.02. The number of carbonyl (C=O) groups excluding carboxylic acids is 1. The van der Waals surface area contributed by atoms with Crippen LogP contribution in [0.2, 0.25) is 10.0 Å². The lowest BCUT2D eigenvalue weighted by Crippen LogP contribution is -2.38. The first-order valence-corrected chi connectivity index (χ1v) is 5.48. The van der Waals surface area contributed by atoms with Gasteiger partial charge >= 0.3 is 0 Å². The number of carbonyl (C=O) groups is 1. The quantitative estimate of drug-likeness (QED) is 0.805. The maximum absolute atomic E-state index is 11.8. The van der Waals surface area contributed by atoms with Crippen LogP contribution in [-0.4, -0.2) is 25.0 Å². The van der Waals surface area contributed by atoms with Gasteiger partial charge in [0.2, 0.25) is 0 Å². The molecule has 0 atom stereocenters. The molecule has 1 amide bonds. The third-order valence-corrected chi connectivity index (χ3v) is 2.73. The summed E-state index contributed by atoms with van der Waals surface area (Å²) in [5.41, 5.74) is 0.266. The minimum absolute atomic E-state index is 0.266. The maximum Gasteiger partial charge on any atom is 0.260 e. The molecule has 2 N–H and O–H groups in total. The second-order valence-electron chi connectivity index (χ2n) is 3.21. The van der Waals surface area contributed by atoms with E-state index in [-0.39, 0.29) is 11.5 Å². The number of halogens is 2. The predicted molar refractivity (Wildman–Crippen MR) is 64.2 cm³/mol. The molecule has 84 valence electrons. The minimum atomic E-state index is -0.358. The molecule has 0 saturated carbocycles. The molecule has 1 aliphatic rings. The molecule has 1 heterocycles. The molecule has 0 spiro atoms. The molecule has 4 nitrogen and oxygen atoms in total. The highest BCUT2D eigenvalue weighted by molar-refractivity contribution is 6.40. The summed E-state index contributed by atoms with van der Waals surface area (Å²) in [5, 5.41) is 6.18. The summed E-state index contributed by atoms with van der Waals surface area (Å²) >= 11 is 11.8. The number of amides is 1. The van der Waals surface area contributed by atoms with Crippen LogP contribution < -0.4 is 10.6 Å². The van der Waals surface area contributed by atoms with Gasteiger partial charge in [0, 0.05) is 6.54 Å². The Kier molecular flexibility index (Phi) is 3.31. The average Bonchev–Trinajstić information content (AvgIpc) is 2.70. The van der Waals surface area contributed by atoms with E-state index in [4.69, 9.17) is 23.2 Å². The van der Waals surface area contributed by atoms with Crippen LogP contribution in [0, 0.1) is 0 Å². The van der Waals surface area contributed by atoms with Gasteiger partial charge in [-0.15, -0.1) is 0 Å². The number of benzene rings is 1. The number of guanidine groups is 1. The SMILES string of the molecule is O=C(NC1=NCCN1)c1c(Cl)cccc1Cl. The summed E-state index contributed by atoms with van der Waals surface area (Å²) in [7, 11) is 0. The van der Waals surface area contributed by atoms with Crippen molar-refractivity contribution in [1.29, 1.82) is 0 Å². The van der Waals surface area contributed by atoms with E-state index < -0.39 is 0 Å². The molecule has 2 rings (SSSR count). The predicted octanol–water partition coefficient (Wildman–Crippen LogP) is 1.68. The molecule has 0 aliphatic carbocycles. The molecule has 1 aromatic rings. The first-order chi connectivity index (χ1) is 7.68. The molecular formula is C10H9Cl2N3O. The van der Waals surface area contributed by atoms with Crippen molar-refractivity contribution in [2.75, 3.05) is 13.1 Å². The molecule has 1 aromatic carbocycles. The van der Waals surface area contributed by atoms with Crippen molar-refractivity contribution in [2.24, 2.45) is 4.99 Å². The highest BCUT2D eigenvalue weighted by Gasteiger charge is 2.16. The van der Waals surface area contributed by atoms with Crippen molar-refractivity contribution < 1.29 is 4.79 Å². The van der Waals surface area contributed by atoms with Gasteiger partial charge in [-0.2, -0.15) is 0 Å². The minimum Gasteiger partial charge on any atom is -0.354 e. The third-order valence-electron chi connectivity index (χ3n) is 2.10. The summed E-state index contributed by atoms with van der Waals surface area (Å²) in [5.74, 6) is 0.102. The highest BCUT2D eigenvalue weighted by atomic mass is 35.5. The van der Waals surface area contributed by atoms with Crippen molar-refractivity contribution in [3.05, 3.63) is 33.8 Å². The van der Waals surface area contributed by atoms with E-state index in [0.29, 0.717) is 22.5 Å². The molecule has 0 fully saturated rings. The number of nitrogens with zero attached hydrogens (tertiary/aromatic N) is 1. The number of hydrogen-bond donors (Lipinski definition) is 2. The van der Waals surface area contributed by atoms with Gasteiger partial charge < -0.3 is 5.32 Å². The van der Waals surface area contributed by atoms with Gasteiger partial charge in [-0.05, 0) is 12.1 Å². The Morgan fingerprint density at radius 1 is 1.38 bits per heavy atom. The molecule has 0 aromatic heterocycles. The van der Waals surface area contributed by atoms with Crippen LogP contribution in [0.3, 0.4) is 0 Å². The largest absolute Gasteiger partial charge is 0.354 e. The lowest BCUT2D eigenvalue weighted by molar-refractivity contribution is 0.0976. The summed E-state index contributed by atoms with van der Waals surface area (Å²) < 4.78 is 0. The molecule has 16 heavy (non-hydrogen) atoms. The van der Waals surface area contributed by atoms with Crippen molar-refractivity contribution in [1.82, 2.24) is 10.6 Å². The summed E-state index contributed by atoms with van der Waals surface area (Å²) in [6, 6.07) is 4.92. The molecule has 6 heteroatoms. The van der Waals surface area contributed by atoms with E-state index in [1.165, 1.54) is 0 Å². The zero-order chi connectivity index (χ0) is 11.5. The Balaban J connectivity index is 2.20. The zero-order valence-electron chi connectivity index (χ0n) is 8.26. The molecule has 0 saturated heterocycles. The molecule has 0 unspecified atom stereocenters. The molecule has 0 radical (unpaired) electrons. The number of rotatable bonds is 1. The average molecular weight is 258 g/mol. The van der Waals surface area contributed by atoms with Crippen LogP contribution in [-0.2, 0) is 0 Å². The Labute approximate surface area is 103 Å². The number of hydrogen-bond acceptors (Lipinski definition) is 3.